The first-order valence-corrected chi connectivity index (χ1v) is 8.24. The fraction of sp³-hybridized carbons (Fsp3) is 0.333. The molecule has 0 nitrogen and oxygen atoms in total. The van der Waals surface area contributed by atoms with Crippen LogP contribution in [0.25, 0.3) is 16.3 Å². The van der Waals surface area contributed by atoms with Gasteiger partial charge in [-0.15, -0.1) is 0 Å². The highest BCUT2D eigenvalue weighted by Crippen LogP contribution is 2.34. The van der Waals surface area contributed by atoms with E-state index < -0.39 is 0 Å². The number of fused-ring (bicyclic) bond motifs is 1. The summed E-state index contributed by atoms with van der Waals surface area (Å²) in [5.41, 5.74) is 5.87. The first kappa shape index (κ1) is 14.1. The van der Waals surface area contributed by atoms with Crippen LogP contribution < -0.4 is 0 Å². The standard InChI is InChI=1S/C21H24/c1-3-7-16-11-12-18(15-16)20-14-13-17(8-4-2)19-9-5-6-10-21(19)20/h5-6,9-10,12-15H,3-4,7-8,11H2,1-2H3. The minimum atomic E-state index is 1.13. The highest BCUT2D eigenvalue weighted by Gasteiger charge is 2.12. The van der Waals surface area contributed by atoms with Gasteiger partial charge in [-0.05, 0) is 46.7 Å². The molecule has 21 heavy (non-hydrogen) atoms. The quantitative estimate of drug-likeness (QED) is 0.600. The molecule has 0 bridgehead atoms. The molecule has 0 fully saturated rings. The molecule has 1 aliphatic carbocycles. The second-order valence-electron chi connectivity index (χ2n) is 5.98. The summed E-state index contributed by atoms with van der Waals surface area (Å²) in [5, 5.41) is 2.83. The smallest absolute Gasteiger partial charge is 0.0103 e. The van der Waals surface area contributed by atoms with E-state index in [1.165, 1.54) is 46.7 Å². The Morgan fingerprint density at radius 2 is 1.62 bits per heavy atom. The summed E-state index contributed by atoms with van der Waals surface area (Å²) in [6.45, 7) is 4.51. The van der Waals surface area contributed by atoms with Gasteiger partial charge in [0, 0.05) is 0 Å². The second kappa shape index (κ2) is 6.30. The van der Waals surface area contributed by atoms with Crippen molar-refractivity contribution in [1.82, 2.24) is 0 Å². The predicted octanol–water partition coefficient (Wildman–Crippen LogP) is 6.31. The predicted molar refractivity (Wildman–Crippen MR) is 93.5 cm³/mol. The van der Waals surface area contributed by atoms with Crippen LogP contribution in [0.15, 0.2) is 54.1 Å². The zero-order valence-corrected chi connectivity index (χ0v) is 13.2. The van der Waals surface area contributed by atoms with Crippen molar-refractivity contribution in [1.29, 1.82) is 0 Å². The van der Waals surface area contributed by atoms with Gasteiger partial charge in [0.2, 0.25) is 0 Å². The van der Waals surface area contributed by atoms with Crippen LogP contribution in [0.2, 0.25) is 0 Å². The van der Waals surface area contributed by atoms with Crippen molar-refractivity contribution < 1.29 is 0 Å². The van der Waals surface area contributed by atoms with Gasteiger partial charge in [-0.25, -0.2) is 0 Å². The number of hydrogen-bond donors (Lipinski definition) is 0. The monoisotopic (exact) mass is 276 g/mol. The van der Waals surface area contributed by atoms with Crippen LogP contribution in [-0.2, 0) is 6.42 Å². The van der Waals surface area contributed by atoms with E-state index in [2.05, 4.69) is 62.4 Å². The minimum absolute atomic E-state index is 1.13. The molecule has 0 aliphatic heterocycles. The molecule has 2 aromatic carbocycles. The van der Waals surface area contributed by atoms with Gasteiger partial charge in [-0.1, -0.05) is 80.8 Å². The first-order valence-electron chi connectivity index (χ1n) is 8.24. The third kappa shape index (κ3) is 2.81. The third-order valence-corrected chi connectivity index (χ3v) is 4.36. The summed E-state index contributed by atoms with van der Waals surface area (Å²) in [6, 6.07) is 13.5. The highest BCUT2D eigenvalue weighted by molar-refractivity contribution is 5.98. The molecular weight excluding hydrogens is 252 g/mol. The molecule has 0 unspecified atom stereocenters. The van der Waals surface area contributed by atoms with Crippen LogP contribution in [0.3, 0.4) is 0 Å². The van der Waals surface area contributed by atoms with E-state index in [-0.39, 0.29) is 0 Å². The lowest BCUT2D eigenvalue weighted by atomic mass is 9.93. The molecule has 0 radical (unpaired) electrons. The fourth-order valence-electron chi connectivity index (χ4n) is 3.36. The number of benzene rings is 2. The molecule has 1 aliphatic rings. The Hall–Kier alpha value is -1.82. The lowest BCUT2D eigenvalue weighted by Crippen LogP contribution is -1.90. The normalized spacial score (nSPS) is 14.4. The summed E-state index contributed by atoms with van der Waals surface area (Å²) >= 11 is 0. The van der Waals surface area contributed by atoms with Gasteiger partial charge in [-0.3, -0.25) is 0 Å². The zero-order chi connectivity index (χ0) is 14.7. The molecule has 0 saturated carbocycles. The number of rotatable bonds is 5. The van der Waals surface area contributed by atoms with E-state index >= 15 is 0 Å². The van der Waals surface area contributed by atoms with Crippen molar-refractivity contribution in [3.8, 4) is 0 Å². The summed E-state index contributed by atoms with van der Waals surface area (Å²) in [6.07, 6.45) is 10.8. The number of allylic oxidation sites excluding steroid dienone is 4. The van der Waals surface area contributed by atoms with E-state index in [0.717, 1.165) is 12.8 Å². The third-order valence-electron chi connectivity index (χ3n) is 4.36. The van der Waals surface area contributed by atoms with Crippen molar-refractivity contribution in [3.63, 3.8) is 0 Å². The van der Waals surface area contributed by atoms with Gasteiger partial charge in [-0.2, -0.15) is 0 Å². The SMILES string of the molecule is CCCC1=CC(c2ccc(CCC)c3ccccc23)=CC1. The Morgan fingerprint density at radius 3 is 2.38 bits per heavy atom. The molecule has 108 valence electrons. The molecule has 0 amide bonds. The number of aryl methyl sites for hydroxylation is 1. The minimum Gasteiger partial charge on any atom is -0.0726 e. The molecular formula is C21H24. The Labute approximate surface area is 128 Å². The lowest BCUT2D eigenvalue weighted by molar-refractivity contribution is 0.887. The summed E-state index contributed by atoms with van der Waals surface area (Å²) in [7, 11) is 0. The molecule has 0 heterocycles. The highest BCUT2D eigenvalue weighted by atomic mass is 14.2. The van der Waals surface area contributed by atoms with Crippen molar-refractivity contribution in [2.75, 3.05) is 0 Å². The van der Waals surface area contributed by atoms with Gasteiger partial charge in [0.25, 0.3) is 0 Å². The second-order valence-corrected chi connectivity index (χ2v) is 5.98. The molecule has 0 heteroatoms. The van der Waals surface area contributed by atoms with Crippen molar-refractivity contribution in [2.45, 2.75) is 46.0 Å². The van der Waals surface area contributed by atoms with E-state index in [9.17, 15) is 0 Å². The maximum atomic E-state index is 2.41. The van der Waals surface area contributed by atoms with Crippen molar-refractivity contribution in [2.24, 2.45) is 0 Å². The number of hydrogen-bond acceptors (Lipinski definition) is 0. The average Bonchev–Trinajstić information content (AvgIpc) is 2.97. The largest absolute Gasteiger partial charge is 0.0726 e. The molecule has 0 saturated heterocycles. The van der Waals surface area contributed by atoms with Gasteiger partial charge in [0.05, 0.1) is 0 Å². The van der Waals surface area contributed by atoms with Gasteiger partial charge >= 0.3 is 0 Å². The van der Waals surface area contributed by atoms with Crippen LogP contribution in [0.1, 0.15) is 50.7 Å². The average molecular weight is 276 g/mol. The van der Waals surface area contributed by atoms with Gasteiger partial charge in [0.15, 0.2) is 0 Å². The van der Waals surface area contributed by atoms with Crippen LogP contribution in [0, 0.1) is 0 Å². The maximum absolute atomic E-state index is 2.41. The van der Waals surface area contributed by atoms with Crippen molar-refractivity contribution >= 4 is 16.3 Å². The molecule has 0 aromatic heterocycles. The molecule has 0 atom stereocenters. The zero-order valence-electron chi connectivity index (χ0n) is 13.2. The summed E-state index contributed by atoms with van der Waals surface area (Å²) in [4.78, 5) is 0. The Morgan fingerprint density at radius 1 is 0.857 bits per heavy atom. The summed E-state index contributed by atoms with van der Waals surface area (Å²) < 4.78 is 0. The van der Waals surface area contributed by atoms with Crippen LogP contribution >= 0.6 is 0 Å². The van der Waals surface area contributed by atoms with Gasteiger partial charge in [0.1, 0.15) is 0 Å². The van der Waals surface area contributed by atoms with E-state index in [1.807, 2.05) is 0 Å². The Balaban J connectivity index is 2.07. The summed E-state index contributed by atoms with van der Waals surface area (Å²) in [5.74, 6) is 0. The van der Waals surface area contributed by atoms with Gasteiger partial charge < -0.3 is 0 Å². The van der Waals surface area contributed by atoms with E-state index in [1.54, 1.807) is 5.57 Å². The van der Waals surface area contributed by atoms with E-state index in [4.69, 9.17) is 0 Å². The maximum Gasteiger partial charge on any atom is -0.0103 e. The van der Waals surface area contributed by atoms with Crippen molar-refractivity contribution in [3.05, 3.63) is 65.3 Å². The molecule has 3 rings (SSSR count). The lowest BCUT2D eigenvalue weighted by Gasteiger charge is -2.11. The fourth-order valence-corrected chi connectivity index (χ4v) is 3.36. The molecule has 2 aromatic rings. The molecule has 0 N–H and O–H groups in total. The van der Waals surface area contributed by atoms with Crippen LogP contribution in [0.5, 0.6) is 0 Å². The van der Waals surface area contributed by atoms with Crippen LogP contribution in [-0.4, -0.2) is 0 Å². The van der Waals surface area contributed by atoms with E-state index in [0.29, 0.717) is 0 Å². The molecule has 0 spiro atoms. The first-order chi connectivity index (χ1) is 10.3. The topological polar surface area (TPSA) is 0 Å². The van der Waals surface area contributed by atoms with Crippen LogP contribution in [0.4, 0.5) is 0 Å². The Kier molecular flexibility index (Phi) is 4.24. The Bertz CT molecular complexity index is 701.